The Bertz CT molecular complexity index is 963. The van der Waals surface area contributed by atoms with Crippen molar-refractivity contribution < 1.29 is 27.2 Å². The van der Waals surface area contributed by atoms with Gasteiger partial charge in [-0.1, -0.05) is 47.1 Å². The number of aryl methyl sites for hydroxylation is 2. The van der Waals surface area contributed by atoms with Crippen LogP contribution < -0.4 is 4.74 Å². The number of halogens is 3. The first-order valence-electron chi connectivity index (χ1n) is 7.98. The minimum absolute atomic E-state index is 0.149. The van der Waals surface area contributed by atoms with Crippen LogP contribution in [0.5, 0.6) is 5.75 Å². The van der Waals surface area contributed by atoms with Gasteiger partial charge in [0.2, 0.25) is 5.82 Å². The van der Waals surface area contributed by atoms with Gasteiger partial charge in [0, 0.05) is 11.1 Å². The van der Waals surface area contributed by atoms with E-state index in [1.807, 2.05) is 26.0 Å². The van der Waals surface area contributed by atoms with Crippen LogP contribution in [0.25, 0.3) is 11.4 Å². The molecule has 0 aliphatic rings. The predicted molar refractivity (Wildman–Crippen MR) is 90.5 cm³/mol. The maximum Gasteiger partial charge on any atom is 0.471 e. The Morgan fingerprint density at radius 1 is 1.11 bits per heavy atom. The van der Waals surface area contributed by atoms with E-state index in [9.17, 15) is 18.0 Å². The van der Waals surface area contributed by atoms with Gasteiger partial charge in [0.1, 0.15) is 5.75 Å². The average Bonchev–Trinajstić information content (AvgIpc) is 3.11. The summed E-state index contributed by atoms with van der Waals surface area (Å²) < 4.78 is 47.3. The Kier molecular flexibility index (Phi) is 4.98. The third kappa shape index (κ3) is 4.33. The number of nitrogens with zero attached hydrogens (tertiary/aromatic N) is 2. The normalized spacial score (nSPS) is 11.4. The summed E-state index contributed by atoms with van der Waals surface area (Å²) in [5.41, 5.74) is 2.69. The van der Waals surface area contributed by atoms with Crippen LogP contribution in [0.15, 0.2) is 47.0 Å². The third-order valence-electron chi connectivity index (χ3n) is 3.82. The van der Waals surface area contributed by atoms with Crippen molar-refractivity contribution >= 4 is 5.78 Å². The van der Waals surface area contributed by atoms with Gasteiger partial charge in [0.15, 0.2) is 12.4 Å². The van der Waals surface area contributed by atoms with Crippen LogP contribution in [0, 0.1) is 13.8 Å². The number of aromatic nitrogens is 2. The van der Waals surface area contributed by atoms with Crippen LogP contribution in [-0.4, -0.2) is 22.5 Å². The number of benzene rings is 2. The summed E-state index contributed by atoms with van der Waals surface area (Å²) in [4.78, 5) is 15.6. The number of ether oxygens (including phenoxy) is 1. The van der Waals surface area contributed by atoms with Crippen molar-refractivity contribution in [3.05, 3.63) is 65.0 Å². The van der Waals surface area contributed by atoms with E-state index < -0.39 is 12.1 Å². The summed E-state index contributed by atoms with van der Waals surface area (Å²) in [6.45, 7) is 3.70. The van der Waals surface area contributed by atoms with Gasteiger partial charge >= 0.3 is 12.1 Å². The number of rotatable bonds is 5. The molecule has 0 aliphatic carbocycles. The molecule has 0 aliphatic heterocycles. The van der Waals surface area contributed by atoms with Crippen LogP contribution >= 0.6 is 0 Å². The molecule has 0 saturated carbocycles. The lowest BCUT2D eigenvalue weighted by Crippen LogP contribution is -2.12. The van der Waals surface area contributed by atoms with Crippen molar-refractivity contribution in [2.45, 2.75) is 20.0 Å². The highest BCUT2D eigenvalue weighted by Gasteiger charge is 2.38. The summed E-state index contributed by atoms with van der Waals surface area (Å²) in [5, 5.41) is 3.30. The molecule has 0 saturated heterocycles. The number of Topliss-reactive ketones (excluding diaryl/α,β-unsaturated/α-hetero) is 1. The molecule has 0 unspecified atom stereocenters. The highest BCUT2D eigenvalue weighted by Crippen LogP contribution is 2.29. The molecular formula is C19H15F3N2O3. The molecule has 0 amide bonds. The van der Waals surface area contributed by atoms with Gasteiger partial charge in [-0.2, -0.15) is 18.2 Å². The maximum absolute atomic E-state index is 12.5. The molecule has 1 heterocycles. The first kappa shape index (κ1) is 18.6. The molecule has 0 radical (unpaired) electrons. The third-order valence-corrected chi connectivity index (χ3v) is 3.82. The number of alkyl halides is 3. The molecule has 8 heteroatoms. The van der Waals surface area contributed by atoms with Crippen LogP contribution in [0.1, 0.15) is 27.4 Å². The molecule has 5 nitrogen and oxygen atoms in total. The molecule has 0 fully saturated rings. The highest BCUT2D eigenvalue weighted by atomic mass is 19.4. The zero-order valence-corrected chi connectivity index (χ0v) is 14.5. The minimum Gasteiger partial charge on any atom is -0.485 e. The van der Waals surface area contributed by atoms with Gasteiger partial charge in [0.05, 0.1) is 0 Å². The van der Waals surface area contributed by atoms with Crippen molar-refractivity contribution in [1.82, 2.24) is 10.1 Å². The molecule has 0 N–H and O–H groups in total. The molecular weight excluding hydrogens is 361 g/mol. The van der Waals surface area contributed by atoms with Crippen molar-refractivity contribution in [3.63, 3.8) is 0 Å². The highest BCUT2D eigenvalue weighted by molar-refractivity contribution is 5.97. The van der Waals surface area contributed by atoms with Crippen LogP contribution in [0.2, 0.25) is 0 Å². The second kappa shape index (κ2) is 7.22. The number of carbonyl (C=O) groups is 1. The number of hydrogen-bond acceptors (Lipinski definition) is 5. The Balaban J connectivity index is 1.67. The fourth-order valence-corrected chi connectivity index (χ4v) is 2.45. The first-order valence-corrected chi connectivity index (χ1v) is 7.98. The molecule has 0 atom stereocenters. The molecule has 1 aromatic heterocycles. The Hall–Kier alpha value is -3.16. The van der Waals surface area contributed by atoms with E-state index in [-0.39, 0.29) is 18.2 Å². The van der Waals surface area contributed by atoms with E-state index in [4.69, 9.17) is 4.74 Å². The van der Waals surface area contributed by atoms with Crippen LogP contribution in [0.3, 0.4) is 0 Å². The zero-order valence-electron chi connectivity index (χ0n) is 14.5. The maximum atomic E-state index is 12.5. The van der Waals surface area contributed by atoms with E-state index in [0.29, 0.717) is 16.9 Å². The lowest BCUT2D eigenvalue weighted by atomic mass is 10.1. The van der Waals surface area contributed by atoms with Gasteiger partial charge in [0.25, 0.3) is 0 Å². The van der Waals surface area contributed by atoms with Crippen LogP contribution in [0.4, 0.5) is 13.2 Å². The summed E-state index contributed by atoms with van der Waals surface area (Å²) in [6, 6.07) is 11.5. The molecule has 0 spiro atoms. The van der Waals surface area contributed by atoms with E-state index in [0.717, 1.165) is 11.1 Å². The monoisotopic (exact) mass is 376 g/mol. The zero-order chi connectivity index (χ0) is 19.6. The first-order chi connectivity index (χ1) is 12.7. The molecule has 2 aromatic carbocycles. The minimum atomic E-state index is -4.70. The van der Waals surface area contributed by atoms with Crippen molar-refractivity contribution in [3.8, 4) is 17.1 Å². The topological polar surface area (TPSA) is 65.2 Å². The van der Waals surface area contributed by atoms with Gasteiger partial charge in [-0.15, -0.1) is 0 Å². The molecule has 140 valence electrons. The average molecular weight is 376 g/mol. The van der Waals surface area contributed by atoms with Crippen molar-refractivity contribution in [2.24, 2.45) is 0 Å². The van der Waals surface area contributed by atoms with Gasteiger partial charge in [-0.05, 0) is 25.5 Å². The summed E-state index contributed by atoms with van der Waals surface area (Å²) in [7, 11) is 0. The summed E-state index contributed by atoms with van der Waals surface area (Å²) >= 11 is 0. The smallest absolute Gasteiger partial charge is 0.471 e. The summed E-state index contributed by atoms with van der Waals surface area (Å²) in [5.74, 6) is -1.25. The Morgan fingerprint density at radius 2 is 1.81 bits per heavy atom. The number of ketones is 1. The molecule has 3 aromatic rings. The van der Waals surface area contributed by atoms with Crippen molar-refractivity contribution in [1.29, 1.82) is 0 Å². The van der Waals surface area contributed by atoms with Gasteiger partial charge in [-0.3, -0.25) is 4.79 Å². The molecule has 0 bridgehead atoms. The van der Waals surface area contributed by atoms with E-state index in [1.54, 1.807) is 6.07 Å². The standard InChI is InChI=1S/C19H15F3N2O3/c1-11-3-8-16(12(2)9-11)26-10-15(25)13-4-6-14(7-5-13)17-23-18(27-24-17)19(20,21)22/h3-9H,10H2,1-2H3. The van der Waals surface area contributed by atoms with Gasteiger partial charge < -0.3 is 9.26 Å². The SMILES string of the molecule is Cc1ccc(OCC(=O)c2ccc(-c3noc(C(F)(F)F)n3)cc2)c(C)c1. The predicted octanol–water partition coefficient (Wildman–Crippen LogP) is 4.63. The van der Waals surface area contributed by atoms with Gasteiger partial charge in [-0.25, -0.2) is 0 Å². The second-order valence-corrected chi connectivity index (χ2v) is 5.98. The largest absolute Gasteiger partial charge is 0.485 e. The fraction of sp³-hybridized carbons (Fsp3) is 0.211. The summed E-state index contributed by atoms with van der Waals surface area (Å²) in [6.07, 6.45) is -4.70. The number of hydrogen-bond donors (Lipinski definition) is 0. The lowest BCUT2D eigenvalue weighted by molar-refractivity contribution is -0.159. The molecule has 3 rings (SSSR count). The number of carbonyl (C=O) groups excluding carboxylic acids is 1. The fourth-order valence-electron chi connectivity index (χ4n) is 2.45. The Labute approximate surface area is 152 Å². The van der Waals surface area contributed by atoms with E-state index >= 15 is 0 Å². The van der Waals surface area contributed by atoms with Crippen LogP contribution in [-0.2, 0) is 6.18 Å². The van der Waals surface area contributed by atoms with Crippen molar-refractivity contribution in [2.75, 3.05) is 6.61 Å². The van der Waals surface area contributed by atoms with E-state index in [1.165, 1.54) is 24.3 Å². The van der Waals surface area contributed by atoms with E-state index in [2.05, 4.69) is 14.7 Å². The second-order valence-electron chi connectivity index (χ2n) is 5.98. The lowest BCUT2D eigenvalue weighted by Gasteiger charge is -2.09. The molecule has 27 heavy (non-hydrogen) atoms. The quantitative estimate of drug-likeness (QED) is 0.607. The Morgan fingerprint density at radius 3 is 2.41 bits per heavy atom.